The number of benzene rings is 1. The van der Waals surface area contributed by atoms with Crippen molar-refractivity contribution in [1.29, 1.82) is 0 Å². The fourth-order valence-electron chi connectivity index (χ4n) is 3.21. The third-order valence-corrected chi connectivity index (χ3v) is 4.35. The smallest absolute Gasteiger partial charge is 0.348 e. The summed E-state index contributed by atoms with van der Waals surface area (Å²) in [7, 11) is 0. The number of nitrogens with zero attached hydrogens (tertiary/aromatic N) is 2. The highest BCUT2D eigenvalue weighted by Crippen LogP contribution is 2.33. The summed E-state index contributed by atoms with van der Waals surface area (Å²) in [6, 6.07) is 4.15. The van der Waals surface area contributed by atoms with Gasteiger partial charge in [-0.05, 0) is 51.4 Å². The first-order valence-electron chi connectivity index (χ1n) is 8.38. The quantitative estimate of drug-likeness (QED) is 0.890. The van der Waals surface area contributed by atoms with E-state index in [1.165, 1.54) is 12.1 Å². The number of halogens is 3. The topological polar surface area (TPSA) is 59.0 Å². The predicted molar refractivity (Wildman–Crippen MR) is 88.5 cm³/mol. The van der Waals surface area contributed by atoms with Crippen LogP contribution in [-0.2, 0) is 6.18 Å². The van der Waals surface area contributed by atoms with Gasteiger partial charge in [-0.1, -0.05) is 0 Å². The minimum absolute atomic E-state index is 0.0379. The van der Waals surface area contributed by atoms with Crippen molar-refractivity contribution in [2.45, 2.75) is 44.9 Å². The number of fused-ring (bicyclic) bond motifs is 1. The van der Waals surface area contributed by atoms with Crippen molar-refractivity contribution < 1.29 is 18.0 Å². The lowest BCUT2D eigenvalue weighted by Gasteiger charge is -2.23. The largest absolute Gasteiger partial charge is 0.449 e. The van der Waals surface area contributed by atoms with E-state index in [4.69, 9.17) is 0 Å². The molecule has 0 unspecified atom stereocenters. The van der Waals surface area contributed by atoms with Crippen LogP contribution in [0.15, 0.2) is 18.2 Å². The molecular formula is C17H21F3N4O. The molecule has 1 aromatic carbocycles. The van der Waals surface area contributed by atoms with Crippen molar-refractivity contribution in [2.75, 3.05) is 13.1 Å². The molecule has 5 nitrogen and oxygen atoms in total. The van der Waals surface area contributed by atoms with Gasteiger partial charge in [0.1, 0.15) is 0 Å². The molecule has 2 N–H and O–H groups in total. The van der Waals surface area contributed by atoms with Crippen LogP contribution in [0.3, 0.4) is 0 Å². The molecule has 0 saturated carbocycles. The molecule has 0 radical (unpaired) electrons. The Bertz CT molecular complexity index is 776. The normalized spacial score (nSPS) is 18.7. The number of rotatable bonds is 3. The van der Waals surface area contributed by atoms with Crippen LogP contribution in [0.1, 0.15) is 48.9 Å². The third-order valence-electron chi connectivity index (χ3n) is 4.35. The lowest BCUT2D eigenvalue weighted by atomic mass is 10.1. The molecule has 8 heteroatoms. The Morgan fingerprint density at radius 1 is 1.40 bits per heavy atom. The highest BCUT2D eigenvalue weighted by molar-refractivity contribution is 5.97. The number of piperidine rings is 1. The van der Waals surface area contributed by atoms with E-state index in [9.17, 15) is 18.0 Å². The van der Waals surface area contributed by atoms with E-state index in [1.807, 2.05) is 0 Å². The fourth-order valence-corrected chi connectivity index (χ4v) is 3.21. The first-order valence-corrected chi connectivity index (χ1v) is 8.38. The number of alkyl halides is 3. The predicted octanol–water partition coefficient (Wildman–Crippen LogP) is 3.12. The van der Waals surface area contributed by atoms with E-state index in [0.717, 1.165) is 24.0 Å². The Balaban J connectivity index is 1.93. The molecule has 1 amide bonds. The van der Waals surface area contributed by atoms with Gasteiger partial charge in [0.25, 0.3) is 5.91 Å². The number of nitrogens with one attached hydrogen (secondary N) is 2. The number of amides is 1. The van der Waals surface area contributed by atoms with Crippen molar-refractivity contribution in [3.05, 3.63) is 29.6 Å². The lowest BCUT2D eigenvalue weighted by molar-refractivity contribution is -0.147. The third kappa shape index (κ3) is 3.63. The monoisotopic (exact) mass is 354 g/mol. The van der Waals surface area contributed by atoms with Gasteiger partial charge in [-0.2, -0.15) is 13.2 Å². The molecule has 0 bridgehead atoms. The van der Waals surface area contributed by atoms with E-state index in [-0.39, 0.29) is 17.5 Å². The highest BCUT2D eigenvalue weighted by atomic mass is 19.4. The molecule has 1 aromatic heterocycles. The second-order valence-corrected chi connectivity index (χ2v) is 6.62. The van der Waals surface area contributed by atoms with Crippen molar-refractivity contribution in [3.8, 4) is 0 Å². The molecule has 25 heavy (non-hydrogen) atoms. The molecular weight excluding hydrogens is 333 g/mol. The van der Waals surface area contributed by atoms with Crippen LogP contribution in [0.25, 0.3) is 11.0 Å². The minimum Gasteiger partial charge on any atom is -0.348 e. The van der Waals surface area contributed by atoms with Crippen LogP contribution in [0, 0.1) is 0 Å². The van der Waals surface area contributed by atoms with Gasteiger partial charge in [0.15, 0.2) is 0 Å². The second kappa shape index (κ2) is 6.67. The van der Waals surface area contributed by atoms with Gasteiger partial charge in [-0.25, -0.2) is 4.98 Å². The van der Waals surface area contributed by atoms with E-state index in [0.29, 0.717) is 17.6 Å². The molecule has 3 rings (SSSR count). The molecule has 1 aliphatic rings. The number of imidazole rings is 1. The summed E-state index contributed by atoms with van der Waals surface area (Å²) in [5, 5.41) is 6.12. The Hall–Kier alpha value is -2.09. The summed E-state index contributed by atoms with van der Waals surface area (Å²) in [4.78, 5) is 16.1. The van der Waals surface area contributed by atoms with Crippen LogP contribution in [0.5, 0.6) is 0 Å². The van der Waals surface area contributed by atoms with E-state index < -0.39 is 18.0 Å². The van der Waals surface area contributed by atoms with Gasteiger partial charge in [0.05, 0.1) is 11.0 Å². The molecule has 2 aromatic rings. The molecule has 1 saturated heterocycles. The lowest BCUT2D eigenvalue weighted by Crippen LogP contribution is -2.45. The van der Waals surface area contributed by atoms with E-state index in [2.05, 4.69) is 15.6 Å². The average Bonchev–Trinajstić information content (AvgIpc) is 2.94. The van der Waals surface area contributed by atoms with Gasteiger partial charge < -0.3 is 15.2 Å². The number of carbonyl (C=O) groups is 1. The Kier molecular flexibility index (Phi) is 4.73. The van der Waals surface area contributed by atoms with Gasteiger partial charge in [-0.3, -0.25) is 4.79 Å². The Labute approximate surface area is 143 Å². The molecule has 0 aliphatic carbocycles. The highest BCUT2D eigenvalue weighted by Gasteiger charge is 2.38. The SMILES string of the molecule is CC(C)n1c(C(F)(F)F)nc2cc(C(=O)N[C@H]3CCCNC3)ccc21. The summed E-state index contributed by atoms with van der Waals surface area (Å²) < 4.78 is 40.9. The molecule has 0 spiro atoms. The molecule has 1 fully saturated rings. The molecule has 2 heterocycles. The zero-order valence-electron chi connectivity index (χ0n) is 14.2. The molecule has 1 atom stereocenters. The average molecular weight is 354 g/mol. The van der Waals surface area contributed by atoms with Gasteiger partial charge in [0.2, 0.25) is 5.82 Å². The number of aromatic nitrogens is 2. The Morgan fingerprint density at radius 2 is 2.16 bits per heavy atom. The zero-order chi connectivity index (χ0) is 18.2. The van der Waals surface area contributed by atoms with Gasteiger partial charge in [0, 0.05) is 24.2 Å². The van der Waals surface area contributed by atoms with Crippen LogP contribution in [-0.4, -0.2) is 34.6 Å². The molecule has 136 valence electrons. The summed E-state index contributed by atoms with van der Waals surface area (Å²) in [5.41, 5.74) is 0.869. The fraction of sp³-hybridized carbons (Fsp3) is 0.529. The summed E-state index contributed by atoms with van der Waals surface area (Å²) in [5.74, 6) is -1.23. The van der Waals surface area contributed by atoms with Gasteiger partial charge in [-0.15, -0.1) is 0 Å². The van der Waals surface area contributed by atoms with Crippen molar-refractivity contribution >= 4 is 16.9 Å². The van der Waals surface area contributed by atoms with Crippen molar-refractivity contribution in [2.24, 2.45) is 0 Å². The van der Waals surface area contributed by atoms with Crippen LogP contribution >= 0.6 is 0 Å². The summed E-state index contributed by atoms with van der Waals surface area (Å²) >= 11 is 0. The van der Waals surface area contributed by atoms with Crippen molar-refractivity contribution in [3.63, 3.8) is 0 Å². The van der Waals surface area contributed by atoms with Crippen LogP contribution < -0.4 is 10.6 Å². The number of hydrogen-bond donors (Lipinski definition) is 2. The maximum absolute atomic E-state index is 13.2. The second-order valence-electron chi connectivity index (χ2n) is 6.62. The minimum atomic E-state index is -4.54. The van der Waals surface area contributed by atoms with E-state index in [1.54, 1.807) is 19.9 Å². The first-order chi connectivity index (χ1) is 11.8. The maximum atomic E-state index is 13.2. The summed E-state index contributed by atoms with van der Waals surface area (Å²) in [6.07, 6.45) is -2.67. The van der Waals surface area contributed by atoms with Crippen molar-refractivity contribution in [1.82, 2.24) is 20.2 Å². The van der Waals surface area contributed by atoms with Crippen LogP contribution in [0.4, 0.5) is 13.2 Å². The standard InChI is InChI=1S/C17H21F3N4O/c1-10(2)24-14-6-5-11(8-13(14)23-16(24)17(18,19)20)15(25)22-12-4-3-7-21-9-12/h5-6,8,10,12,21H,3-4,7,9H2,1-2H3,(H,22,25)/t12-/m0/s1. The Morgan fingerprint density at radius 3 is 2.76 bits per heavy atom. The number of carbonyl (C=O) groups excluding carboxylic acids is 1. The van der Waals surface area contributed by atoms with Crippen LogP contribution in [0.2, 0.25) is 0 Å². The first kappa shape index (κ1) is 17.7. The number of hydrogen-bond acceptors (Lipinski definition) is 3. The maximum Gasteiger partial charge on any atom is 0.449 e. The molecule has 1 aliphatic heterocycles. The van der Waals surface area contributed by atoms with Gasteiger partial charge >= 0.3 is 6.18 Å². The zero-order valence-corrected chi connectivity index (χ0v) is 14.2. The summed E-state index contributed by atoms with van der Waals surface area (Å²) in [6.45, 7) is 4.99. The van der Waals surface area contributed by atoms with E-state index >= 15 is 0 Å².